The molecule has 6 heteroatoms. The number of aliphatic carboxylic acids is 1. The van der Waals surface area contributed by atoms with E-state index in [4.69, 9.17) is 5.11 Å². The number of carboxylic acid groups (broad SMARTS) is 1. The first kappa shape index (κ1) is 13.0. The Morgan fingerprint density at radius 1 is 1.61 bits per heavy atom. The van der Waals surface area contributed by atoms with Gasteiger partial charge in [-0.2, -0.15) is 0 Å². The van der Waals surface area contributed by atoms with Crippen LogP contribution in [0, 0.1) is 0 Å². The van der Waals surface area contributed by atoms with Crippen LogP contribution in [0.4, 0.5) is 5.69 Å². The molecule has 1 aromatic heterocycles. The molecule has 0 aliphatic carbocycles. The Morgan fingerprint density at radius 3 is 2.78 bits per heavy atom. The van der Waals surface area contributed by atoms with E-state index in [1.807, 2.05) is 25.9 Å². The molecular formula is C12H16N2O3S. The zero-order chi connectivity index (χ0) is 13.4. The van der Waals surface area contributed by atoms with E-state index < -0.39 is 12.0 Å². The van der Waals surface area contributed by atoms with Gasteiger partial charge in [0, 0.05) is 25.9 Å². The topological polar surface area (TPSA) is 62.5 Å². The number of nitrogens with zero attached hydrogens (tertiary/aromatic N) is 2. The summed E-state index contributed by atoms with van der Waals surface area (Å²) in [5, 5.41) is 9.93. The number of aryl methyl sites for hydroxylation is 1. The summed E-state index contributed by atoms with van der Waals surface area (Å²) in [7, 11) is 3.82. The molecule has 0 fully saturated rings. The first-order chi connectivity index (χ1) is 8.47. The average molecular weight is 268 g/mol. The maximum absolute atomic E-state index is 12.0. The molecule has 1 N–H and O–H groups in total. The Hall–Kier alpha value is -1.43. The van der Waals surface area contributed by atoms with Gasteiger partial charge in [0.15, 0.2) is 0 Å². The molecule has 1 aliphatic heterocycles. The Labute approximate surface area is 109 Å². The number of fused-ring (bicyclic) bond motifs is 1. The van der Waals surface area contributed by atoms with Crippen molar-refractivity contribution in [1.82, 2.24) is 4.57 Å². The molecule has 5 nitrogen and oxygen atoms in total. The molecule has 2 heterocycles. The second kappa shape index (κ2) is 4.68. The lowest BCUT2D eigenvalue weighted by atomic mass is 10.1. The second-order valence-electron chi connectivity index (χ2n) is 4.44. The smallest absolute Gasteiger partial charge is 0.327 e. The number of pyridine rings is 1. The minimum Gasteiger partial charge on any atom is -0.480 e. The summed E-state index contributed by atoms with van der Waals surface area (Å²) < 4.78 is 1.40. The summed E-state index contributed by atoms with van der Waals surface area (Å²) in [6.45, 7) is 1.99. The normalized spacial score (nSPS) is 17.6. The number of thioether (sulfide) groups is 1. The van der Waals surface area contributed by atoms with Crippen LogP contribution in [0.25, 0.3) is 0 Å². The van der Waals surface area contributed by atoms with Crippen molar-refractivity contribution in [2.75, 3.05) is 24.7 Å². The fourth-order valence-electron chi connectivity index (χ4n) is 2.23. The van der Waals surface area contributed by atoms with E-state index in [0.717, 1.165) is 22.7 Å². The summed E-state index contributed by atoms with van der Waals surface area (Å²) in [6, 6.07) is 0.808. The third kappa shape index (κ3) is 1.90. The number of carboxylic acids is 1. The van der Waals surface area contributed by atoms with Gasteiger partial charge in [-0.05, 0) is 12.0 Å². The zero-order valence-corrected chi connectivity index (χ0v) is 11.5. The summed E-state index contributed by atoms with van der Waals surface area (Å²) in [5.41, 5.74) is 1.71. The van der Waals surface area contributed by atoms with Crippen molar-refractivity contribution in [3.05, 3.63) is 22.0 Å². The van der Waals surface area contributed by atoms with Crippen LogP contribution in [0.1, 0.15) is 18.5 Å². The molecule has 1 atom stereocenters. The number of hydrogen-bond donors (Lipinski definition) is 1. The molecule has 18 heavy (non-hydrogen) atoms. The maximum atomic E-state index is 12.0. The van der Waals surface area contributed by atoms with Crippen molar-refractivity contribution >= 4 is 23.4 Å². The van der Waals surface area contributed by atoms with Crippen molar-refractivity contribution < 1.29 is 9.90 Å². The van der Waals surface area contributed by atoms with Gasteiger partial charge in [-0.15, -0.1) is 11.8 Å². The largest absolute Gasteiger partial charge is 0.480 e. The minimum absolute atomic E-state index is 0.218. The van der Waals surface area contributed by atoms with Crippen LogP contribution >= 0.6 is 11.8 Å². The highest BCUT2D eigenvalue weighted by atomic mass is 32.2. The van der Waals surface area contributed by atoms with Gasteiger partial charge >= 0.3 is 5.97 Å². The van der Waals surface area contributed by atoms with E-state index >= 15 is 0 Å². The third-order valence-corrected chi connectivity index (χ3v) is 4.21. The Kier molecular flexibility index (Phi) is 3.38. The highest BCUT2D eigenvalue weighted by molar-refractivity contribution is 7.99. The van der Waals surface area contributed by atoms with Crippen LogP contribution in [0.5, 0.6) is 0 Å². The highest BCUT2D eigenvalue weighted by Crippen LogP contribution is 2.39. The number of rotatable bonds is 3. The van der Waals surface area contributed by atoms with Crippen LogP contribution < -0.4 is 10.5 Å². The van der Waals surface area contributed by atoms with Crippen LogP contribution in [0.15, 0.2) is 15.9 Å². The van der Waals surface area contributed by atoms with Crippen LogP contribution in [0.3, 0.4) is 0 Å². The summed E-state index contributed by atoms with van der Waals surface area (Å²) in [6.07, 6.45) is 0.759. The van der Waals surface area contributed by atoms with Crippen LogP contribution in [-0.2, 0) is 11.2 Å². The number of anilines is 1. The molecule has 1 aromatic rings. The molecule has 0 aromatic carbocycles. The summed E-state index contributed by atoms with van der Waals surface area (Å²) in [5.74, 6) is -0.532. The summed E-state index contributed by atoms with van der Waals surface area (Å²) in [4.78, 5) is 25.2. The van der Waals surface area contributed by atoms with Crippen molar-refractivity contribution in [3.8, 4) is 0 Å². The Morgan fingerprint density at radius 2 is 2.28 bits per heavy atom. The van der Waals surface area contributed by atoms with Gasteiger partial charge in [0.05, 0.1) is 5.69 Å². The van der Waals surface area contributed by atoms with Crippen molar-refractivity contribution in [3.63, 3.8) is 0 Å². The van der Waals surface area contributed by atoms with Gasteiger partial charge in [0.25, 0.3) is 5.56 Å². The minimum atomic E-state index is -0.947. The standard InChI is InChI=1S/C12H16N2O3S/c1-4-7-5-9(15)14-8(12(16)17)6-18-11(14)10(7)13(2)3/h5,8H,4,6H2,1-3H3,(H,16,17). The van der Waals surface area contributed by atoms with Gasteiger partial charge in [-0.25, -0.2) is 4.79 Å². The van der Waals surface area contributed by atoms with E-state index in [9.17, 15) is 9.59 Å². The SMILES string of the molecule is CCc1cc(=O)n2c(c1N(C)C)SCC2C(=O)O. The number of carbonyl (C=O) groups is 1. The van der Waals surface area contributed by atoms with Gasteiger partial charge < -0.3 is 10.0 Å². The highest BCUT2D eigenvalue weighted by Gasteiger charge is 2.32. The zero-order valence-electron chi connectivity index (χ0n) is 10.6. The molecule has 0 spiro atoms. The molecular weight excluding hydrogens is 252 g/mol. The molecule has 2 rings (SSSR count). The first-order valence-electron chi connectivity index (χ1n) is 5.78. The molecule has 1 aliphatic rings. The number of hydrogen-bond acceptors (Lipinski definition) is 4. The lowest BCUT2D eigenvalue weighted by Crippen LogP contribution is -2.30. The fraction of sp³-hybridized carbons (Fsp3) is 0.500. The van der Waals surface area contributed by atoms with Gasteiger partial charge in [0.1, 0.15) is 11.1 Å². The maximum Gasteiger partial charge on any atom is 0.327 e. The van der Waals surface area contributed by atoms with E-state index in [2.05, 4.69) is 0 Å². The fourth-order valence-corrected chi connectivity index (χ4v) is 3.65. The lowest BCUT2D eigenvalue weighted by molar-refractivity contribution is -0.140. The van der Waals surface area contributed by atoms with Crippen molar-refractivity contribution in [2.24, 2.45) is 0 Å². The molecule has 98 valence electrons. The van der Waals surface area contributed by atoms with Crippen LogP contribution in [-0.4, -0.2) is 35.5 Å². The molecule has 0 saturated carbocycles. The van der Waals surface area contributed by atoms with Crippen molar-refractivity contribution in [2.45, 2.75) is 24.4 Å². The first-order valence-corrected chi connectivity index (χ1v) is 6.77. The van der Waals surface area contributed by atoms with Gasteiger partial charge in [-0.1, -0.05) is 6.92 Å². The molecule has 0 saturated heterocycles. The van der Waals surface area contributed by atoms with Gasteiger partial charge in [-0.3, -0.25) is 9.36 Å². The monoisotopic (exact) mass is 268 g/mol. The quantitative estimate of drug-likeness (QED) is 0.892. The predicted octanol–water partition coefficient (Wildman–Crippen LogP) is 1.21. The molecule has 0 amide bonds. The van der Waals surface area contributed by atoms with E-state index in [-0.39, 0.29) is 5.56 Å². The second-order valence-corrected chi connectivity index (χ2v) is 5.45. The molecule has 1 unspecified atom stereocenters. The Balaban J connectivity index is 2.71. The molecule has 0 radical (unpaired) electrons. The summed E-state index contributed by atoms with van der Waals surface area (Å²) >= 11 is 1.44. The van der Waals surface area contributed by atoms with E-state index in [1.165, 1.54) is 16.3 Å². The Bertz CT molecular complexity index is 551. The predicted molar refractivity (Wildman–Crippen MR) is 71.8 cm³/mol. The average Bonchev–Trinajstić information content (AvgIpc) is 2.72. The van der Waals surface area contributed by atoms with Gasteiger partial charge in [0.2, 0.25) is 0 Å². The van der Waals surface area contributed by atoms with E-state index in [0.29, 0.717) is 5.75 Å². The van der Waals surface area contributed by atoms with E-state index in [1.54, 1.807) is 6.07 Å². The van der Waals surface area contributed by atoms with Crippen molar-refractivity contribution in [1.29, 1.82) is 0 Å². The number of aromatic nitrogens is 1. The third-order valence-electron chi connectivity index (χ3n) is 3.06. The van der Waals surface area contributed by atoms with Crippen LogP contribution in [0.2, 0.25) is 0 Å². The lowest BCUT2D eigenvalue weighted by Gasteiger charge is -2.21. The molecule has 0 bridgehead atoms.